The standard InChI is InChI=1S/C17H23NO2S/c1-2-15(13-7-4-3-5-8-13)18-17(20)16-11-10-14(21-16)9-6-12-19/h10-11,13,15,19H,2-5,7-8,12H2,1H3,(H,18,20). The molecule has 1 heterocycles. The predicted octanol–water partition coefficient (Wildman–Crippen LogP) is 3.18. The fourth-order valence-corrected chi connectivity index (χ4v) is 3.77. The lowest BCUT2D eigenvalue weighted by molar-refractivity contribution is 0.0915. The van der Waals surface area contributed by atoms with Gasteiger partial charge in [0.2, 0.25) is 0 Å². The summed E-state index contributed by atoms with van der Waals surface area (Å²) in [5.41, 5.74) is 0. The molecular formula is C17H23NO2S. The molecule has 0 aromatic carbocycles. The summed E-state index contributed by atoms with van der Waals surface area (Å²) in [6.45, 7) is 1.99. The van der Waals surface area contributed by atoms with Gasteiger partial charge in [0, 0.05) is 6.04 Å². The Labute approximate surface area is 130 Å². The van der Waals surface area contributed by atoms with Crippen LogP contribution in [0.2, 0.25) is 0 Å². The van der Waals surface area contributed by atoms with E-state index in [9.17, 15) is 4.79 Å². The van der Waals surface area contributed by atoms with Crippen molar-refractivity contribution in [2.45, 2.75) is 51.5 Å². The van der Waals surface area contributed by atoms with Crippen LogP contribution in [0.4, 0.5) is 0 Å². The third kappa shape index (κ3) is 4.59. The Hall–Kier alpha value is -1.31. The topological polar surface area (TPSA) is 49.3 Å². The van der Waals surface area contributed by atoms with E-state index in [0.29, 0.717) is 10.8 Å². The summed E-state index contributed by atoms with van der Waals surface area (Å²) in [4.78, 5) is 13.9. The normalized spacial score (nSPS) is 16.9. The molecule has 0 bridgehead atoms. The van der Waals surface area contributed by atoms with Gasteiger partial charge in [-0.3, -0.25) is 4.79 Å². The smallest absolute Gasteiger partial charge is 0.261 e. The number of amides is 1. The molecule has 2 rings (SSSR count). The first-order valence-electron chi connectivity index (χ1n) is 7.75. The molecule has 0 radical (unpaired) electrons. The third-order valence-corrected chi connectivity index (χ3v) is 5.10. The maximum Gasteiger partial charge on any atom is 0.261 e. The van der Waals surface area contributed by atoms with Crippen molar-refractivity contribution in [3.8, 4) is 11.8 Å². The Balaban J connectivity index is 1.96. The zero-order chi connectivity index (χ0) is 15.1. The zero-order valence-electron chi connectivity index (χ0n) is 12.5. The summed E-state index contributed by atoms with van der Waals surface area (Å²) in [6.07, 6.45) is 7.36. The molecule has 0 saturated heterocycles. The lowest BCUT2D eigenvalue weighted by atomic mass is 9.83. The van der Waals surface area contributed by atoms with Gasteiger partial charge in [-0.05, 0) is 37.3 Å². The maximum atomic E-state index is 12.3. The first-order chi connectivity index (χ1) is 10.2. The van der Waals surface area contributed by atoms with Crippen molar-refractivity contribution in [1.29, 1.82) is 0 Å². The third-order valence-electron chi connectivity index (χ3n) is 4.10. The molecule has 1 atom stereocenters. The number of nitrogens with one attached hydrogen (secondary N) is 1. The van der Waals surface area contributed by atoms with Crippen molar-refractivity contribution in [1.82, 2.24) is 5.32 Å². The highest BCUT2D eigenvalue weighted by atomic mass is 32.1. The second-order valence-corrected chi connectivity index (χ2v) is 6.59. The fraction of sp³-hybridized carbons (Fsp3) is 0.588. The van der Waals surface area contributed by atoms with E-state index in [1.54, 1.807) is 0 Å². The van der Waals surface area contributed by atoms with Crippen LogP contribution in [0.1, 0.15) is 60.0 Å². The van der Waals surface area contributed by atoms with Gasteiger partial charge in [0.15, 0.2) is 0 Å². The largest absolute Gasteiger partial charge is 0.384 e. The number of thiophene rings is 1. The van der Waals surface area contributed by atoms with Crippen molar-refractivity contribution >= 4 is 17.2 Å². The Morgan fingerprint density at radius 2 is 2.19 bits per heavy atom. The summed E-state index contributed by atoms with van der Waals surface area (Å²) in [5, 5.41) is 11.9. The molecule has 1 aromatic heterocycles. The number of hydrogen-bond donors (Lipinski definition) is 2. The lowest BCUT2D eigenvalue weighted by Crippen LogP contribution is -2.40. The van der Waals surface area contributed by atoms with Gasteiger partial charge in [-0.25, -0.2) is 0 Å². The minimum absolute atomic E-state index is 0.00877. The molecule has 0 spiro atoms. The second kappa shape index (κ2) is 8.21. The monoisotopic (exact) mass is 305 g/mol. The summed E-state index contributed by atoms with van der Waals surface area (Å²) >= 11 is 1.38. The van der Waals surface area contributed by atoms with Crippen LogP contribution < -0.4 is 5.32 Å². The zero-order valence-corrected chi connectivity index (χ0v) is 13.3. The number of aliphatic hydroxyl groups is 1. The molecule has 0 aliphatic heterocycles. The van der Waals surface area contributed by atoms with E-state index in [0.717, 1.165) is 11.3 Å². The first-order valence-corrected chi connectivity index (χ1v) is 8.56. The van der Waals surface area contributed by atoms with Crippen LogP contribution in [0.15, 0.2) is 12.1 Å². The van der Waals surface area contributed by atoms with E-state index in [1.807, 2.05) is 12.1 Å². The predicted molar refractivity (Wildman–Crippen MR) is 86.4 cm³/mol. The molecule has 21 heavy (non-hydrogen) atoms. The summed E-state index contributed by atoms with van der Waals surface area (Å²) < 4.78 is 0. The molecule has 2 N–H and O–H groups in total. The van der Waals surface area contributed by atoms with Gasteiger partial charge in [0.25, 0.3) is 5.91 Å². The van der Waals surface area contributed by atoms with Crippen LogP contribution in [0, 0.1) is 17.8 Å². The second-order valence-electron chi connectivity index (χ2n) is 5.51. The molecule has 1 amide bonds. The van der Waals surface area contributed by atoms with Crippen molar-refractivity contribution in [2.24, 2.45) is 5.92 Å². The van der Waals surface area contributed by atoms with Crippen molar-refractivity contribution < 1.29 is 9.90 Å². The van der Waals surface area contributed by atoms with Crippen LogP contribution in [-0.2, 0) is 0 Å². The summed E-state index contributed by atoms with van der Waals surface area (Å²) in [6, 6.07) is 3.94. The number of aliphatic hydroxyl groups excluding tert-OH is 1. The lowest BCUT2D eigenvalue weighted by Gasteiger charge is -2.30. The number of carbonyl (C=O) groups excluding carboxylic acids is 1. The van der Waals surface area contributed by atoms with Crippen molar-refractivity contribution in [3.05, 3.63) is 21.9 Å². The van der Waals surface area contributed by atoms with Gasteiger partial charge in [-0.15, -0.1) is 11.3 Å². The van der Waals surface area contributed by atoms with Crippen LogP contribution in [0.5, 0.6) is 0 Å². The minimum atomic E-state index is -0.154. The van der Waals surface area contributed by atoms with E-state index < -0.39 is 0 Å². The average molecular weight is 305 g/mol. The highest BCUT2D eigenvalue weighted by Crippen LogP contribution is 2.28. The van der Waals surface area contributed by atoms with E-state index in [1.165, 1.54) is 43.4 Å². The molecule has 114 valence electrons. The minimum Gasteiger partial charge on any atom is -0.384 e. The van der Waals surface area contributed by atoms with Crippen LogP contribution in [0.25, 0.3) is 0 Å². The number of hydrogen-bond acceptors (Lipinski definition) is 3. The molecule has 1 fully saturated rings. The molecular weight excluding hydrogens is 282 g/mol. The van der Waals surface area contributed by atoms with Gasteiger partial charge in [0.05, 0.1) is 9.75 Å². The van der Waals surface area contributed by atoms with E-state index >= 15 is 0 Å². The molecule has 1 unspecified atom stereocenters. The Morgan fingerprint density at radius 1 is 1.43 bits per heavy atom. The Bertz CT molecular complexity index is 520. The SMILES string of the molecule is CCC(NC(=O)c1ccc(C#CCO)s1)C1CCCCC1. The van der Waals surface area contributed by atoms with E-state index in [-0.39, 0.29) is 18.6 Å². The quantitative estimate of drug-likeness (QED) is 0.839. The Kier molecular flexibility index (Phi) is 6.28. The maximum absolute atomic E-state index is 12.3. The van der Waals surface area contributed by atoms with Crippen molar-refractivity contribution in [3.63, 3.8) is 0 Å². The average Bonchev–Trinajstić information content (AvgIpc) is 3.00. The first kappa shape index (κ1) is 16.1. The molecule has 1 aliphatic carbocycles. The number of rotatable bonds is 4. The van der Waals surface area contributed by atoms with Gasteiger partial charge >= 0.3 is 0 Å². The van der Waals surface area contributed by atoms with Gasteiger partial charge in [-0.2, -0.15) is 0 Å². The summed E-state index contributed by atoms with van der Waals surface area (Å²) in [7, 11) is 0. The Morgan fingerprint density at radius 3 is 2.86 bits per heavy atom. The van der Waals surface area contributed by atoms with Crippen molar-refractivity contribution in [2.75, 3.05) is 6.61 Å². The van der Waals surface area contributed by atoms with Crippen LogP contribution >= 0.6 is 11.3 Å². The molecule has 1 saturated carbocycles. The fourth-order valence-electron chi connectivity index (χ4n) is 2.98. The van der Waals surface area contributed by atoms with E-state index in [2.05, 4.69) is 24.1 Å². The number of carbonyl (C=O) groups is 1. The van der Waals surface area contributed by atoms with Gasteiger partial charge in [-0.1, -0.05) is 38.0 Å². The highest BCUT2D eigenvalue weighted by molar-refractivity contribution is 7.14. The van der Waals surface area contributed by atoms with Gasteiger partial charge < -0.3 is 10.4 Å². The van der Waals surface area contributed by atoms with Crippen LogP contribution in [-0.4, -0.2) is 23.7 Å². The molecule has 1 aliphatic rings. The molecule has 3 nitrogen and oxygen atoms in total. The van der Waals surface area contributed by atoms with Gasteiger partial charge in [0.1, 0.15) is 6.61 Å². The van der Waals surface area contributed by atoms with Crippen LogP contribution in [0.3, 0.4) is 0 Å². The summed E-state index contributed by atoms with van der Waals surface area (Å²) in [5.74, 6) is 6.08. The van der Waals surface area contributed by atoms with E-state index in [4.69, 9.17) is 5.11 Å². The molecule has 4 heteroatoms. The highest BCUT2D eigenvalue weighted by Gasteiger charge is 2.24. The molecule has 1 aromatic rings.